The molecular weight excluding hydrogens is 786 g/mol. The van der Waals surface area contributed by atoms with Gasteiger partial charge in [0, 0.05) is 27.4 Å². The van der Waals surface area contributed by atoms with E-state index in [1.807, 2.05) is 64.1 Å². The number of nitrogens with one attached hydrogen (secondary N) is 2. The number of aromatic amines is 2. The van der Waals surface area contributed by atoms with Crippen LogP contribution < -0.4 is 5.59 Å². The summed E-state index contributed by atoms with van der Waals surface area (Å²) in [5, 5.41) is 2.38. The number of esters is 2. The predicted octanol–water partition coefficient (Wildman–Crippen LogP) is 9.92. The van der Waals surface area contributed by atoms with Gasteiger partial charge >= 0.3 is 26.7 Å². The highest BCUT2D eigenvalue weighted by Gasteiger charge is 2.53. The Balaban J connectivity index is 0.000000164. The highest BCUT2D eigenvalue weighted by atomic mass is 79.9. The molecule has 2 aliphatic heterocycles. The van der Waals surface area contributed by atoms with Crippen molar-refractivity contribution in [1.29, 1.82) is 0 Å². The average molecular weight is 848 g/mol. The summed E-state index contributed by atoms with van der Waals surface area (Å²) in [6.07, 6.45) is 12.6. The summed E-state index contributed by atoms with van der Waals surface area (Å²) in [6.45, 7) is 16.5. The quantitative estimate of drug-likeness (QED) is 0.151. The highest BCUT2D eigenvalue weighted by Crippen LogP contribution is 2.42. The number of ether oxygens (including phenoxy) is 2. The van der Waals surface area contributed by atoms with Crippen LogP contribution in [0.5, 0.6) is 0 Å². The highest BCUT2D eigenvalue weighted by molar-refractivity contribution is 9.10. The molecule has 2 saturated carbocycles. The van der Waals surface area contributed by atoms with Crippen LogP contribution in [0.3, 0.4) is 0 Å². The molecule has 0 atom stereocenters. The second-order valence-corrected chi connectivity index (χ2v) is 18.8. The van der Waals surface area contributed by atoms with Gasteiger partial charge in [0.1, 0.15) is 0 Å². The number of carbonyl (C=O) groups excluding carboxylic acids is 2. The fourth-order valence-electron chi connectivity index (χ4n) is 8.36. The number of carbonyl (C=O) groups is 2. The minimum atomic E-state index is -0.434. The van der Waals surface area contributed by atoms with Crippen molar-refractivity contribution >= 4 is 70.1 Å². The minimum absolute atomic E-state index is 0.132. The first-order valence-electron chi connectivity index (χ1n) is 20.7. The Kier molecular flexibility index (Phi) is 13.2. The van der Waals surface area contributed by atoms with Gasteiger partial charge in [-0.1, -0.05) is 50.7 Å². The van der Waals surface area contributed by atoms with Crippen LogP contribution >= 0.6 is 15.9 Å². The molecule has 2 N–H and O–H groups in total. The molecular formula is C44H61B2BrN2O8. The molecule has 13 heteroatoms. The Morgan fingerprint density at radius 3 is 1.49 bits per heavy atom. The van der Waals surface area contributed by atoms with Crippen LogP contribution in [0.2, 0.25) is 0 Å². The van der Waals surface area contributed by atoms with Gasteiger partial charge in [-0.05, 0) is 144 Å². The topological polar surface area (TPSA) is 121 Å². The second-order valence-electron chi connectivity index (χ2n) is 18.0. The zero-order valence-electron chi connectivity index (χ0n) is 35.6. The molecule has 4 fully saturated rings. The molecule has 2 saturated heterocycles. The van der Waals surface area contributed by atoms with Crippen LogP contribution in [-0.4, -0.2) is 73.3 Å². The summed E-state index contributed by atoms with van der Waals surface area (Å²) in [6, 6.07) is 11.5. The van der Waals surface area contributed by atoms with Gasteiger partial charge < -0.3 is 38.1 Å². The van der Waals surface area contributed by atoms with Crippen molar-refractivity contribution in [2.45, 2.75) is 154 Å². The average Bonchev–Trinajstić information content (AvgIpc) is 3.87. The van der Waals surface area contributed by atoms with E-state index in [9.17, 15) is 9.59 Å². The van der Waals surface area contributed by atoms with Gasteiger partial charge in [-0.15, -0.1) is 0 Å². The number of aromatic nitrogens is 2. The Bertz CT molecular complexity index is 2030. The minimum Gasteiger partial charge on any atom is -0.465 e. The van der Waals surface area contributed by atoms with Crippen LogP contribution in [0.25, 0.3) is 21.8 Å². The van der Waals surface area contributed by atoms with Crippen molar-refractivity contribution in [2.24, 2.45) is 0 Å². The van der Waals surface area contributed by atoms with Crippen LogP contribution in [-0.2, 0) is 28.1 Å². The lowest BCUT2D eigenvalue weighted by atomic mass is 9.74. The molecule has 4 heterocycles. The summed E-state index contributed by atoms with van der Waals surface area (Å²) in [4.78, 5) is 30.5. The van der Waals surface area contributed by atoms with E-state index in [0.29, 0.717) is 30.6 Å². The molecule has 4 aromatic rings. The van der Waals surface area contributed by atoms with Gasteiger partial charge in [0.15, 0.2) is 0 Å². The third kappa shape index (κ3) is 9.08. The van der Waals surface area contributed by atoms with Crippen molar-refractivity contribution in [3.8, 4) is 0 Å². The summed E-state index contributed by atoms with van der Waals surface area (Å²) in [7, 11) is 2.81. The van der Waals surface area contributed by atoms with Crippen LogP contribution in [0, 0.1) is 0 Å². The fourth-order valence-corrected chi connectivity index (χ4v) is 9.11. The third-order valence-corrected chi connectivity index (χ3v) is 13.9. The Morgan fingerprint density at radius 1 is 0.649 bits per heavy atom. The number of halogens is 1. The van der Waals surface area contributed by atoms with E-state index in [1.54, 1.807) is 0 Å². The molecule has 0 spiro atoms. The molecule has 0 radical (unpaired) electrons. The molecule has 308 valence electrons. The molecule has 0 bridgehead atoms. The van der Waals surface area contributed by atoms with E-state index < -0.39 is 18.3 Å². The number of hydrogen-bond donors (Lipinski definition) is 2. The van der Waals surface area contributed by atoms with Crippen LogP contribution in [0.4, 0.5) is 0 Å². The van der Waals surface area contributed by atoms with Crippen molar-refractivity contribution in [3.63, 3.8) is 0 Å². The fraction of sp³-hybridized carbons (Fsp3) is 0.591. The molecule has 8 rings (SSSR count). The number of fused-ring (bicyclic) bond motifs is 2. The van der Waals surface area contributed by atoms with E-state index in [2.05, 4.69) is 53.6 Å². The Hall–Kier alpha value is -3.09. The number of methoxy groups -OCH3 is 2. The zero-order chi connectivity index (χ0) is 41.3. The van der Waals surface area contributed by atoms with Crippen LogP contribution in [0.15, 0.2) is 41.0 Å². The lowest BCUT2D eigenvalue weighted by Gasteiger charge is -2.32. The summed E-state index contributed by atoms with van der Waals surface area (Å²) < 4.78 is 34.1. The first-order valence-corrected chi connectivity index (χ1v) is 21.5. The maximum atomic E-state index is 12.0. The maximum Gasteiger partial charge on any atom is 0.512 e. The first kappa shape index (κ1) is 43.5. The lowest BCUT2D eigenvalue weighted by molar-refractivity contribution is 0.00578. The van der Waals surface area contributed by atoms with Crippen molar-refractivity contribution in [3.05, 3.63) is 63.3 Å². The zero-order valence-corrected chi connectivity index (χ0v) is 37.2. The summed E-state index contributed by atoms with van der Waals surface area (Å²) in [5.74, 6) is 0.487. The Labute approximate surface area is 347 Å². The standard InChI is InChI=1S/C22H30BNO4.C16H18BrNO2.C6H13BO2/c1-21(2)22(3,4)28-23(27-21)19-18(14-9-7-6-8-10-14)16-12-11-15(20(25)26-5)13-17(16)24-19;1-20-16(19)11-7-8-12-13(9-11)18-15(17)14(12)10-5-3-2-4-6-10;1-5(2)6(3,4)9-7-8-5/h11-14,24H,6-10H2,1-5H3;7-10,18H,2-6H2,1H3;7H,1-4H3. The number of benzene rings is 2. The van der Waals surface area contributed by atoms with Crippen molar-refractivity contribution in [1.82, 2.24) is 9.97 Å². The SMILES string of the molecule is CC1(C)OBOC1(C)C.COC(=O)c1ccc2c(C3CCCCC3)c(B3OC(C)(C)C(C)(C)O3)[nH]c2c1.COC(=O)c1ccc2c(C3CCCCC3)c(Br)[nH]c2c1. The van der Waals surface area contributed by atoms with Gasteiger partial charge in [-0.3, -0.25) is 0 Å². The largest absolute Gasteiger partial charge is 0.512 e. The van der Waals surface area contributed by atoms with Gasteiger partial charge in [0.25, 0.3) is 0 Å². The number of H-pyrrole nitrogens is 2. The van der Waals surface area contributed by atoms with E-state index in [0.717, 1.165) is 26.6 Å². The molecule has 0 amide bonds. The second kappa shape index (κ2) is 17.3. The molecule has 4 aliphatic rings. The molecule has 2 aromatic carbocycles. The maximum absolute atomic E-state index is 12.0. The lowest BCUT2D eigenvalue weighted by Crippen LogP contribution is -2.41. The van der Waals surface area contributed by atoms with Gasteiger partial charge in [-0.2, -0.15) is 0 Å². The van der Waals surface area contributed by atoms with Gasteiger partial charge in [0.05, 0.1) is 52.4 Å². The normalized spacial score (nSPS) is 21.3. The van der Waals surface area contributed by atoms with Gasteiger partial charge in [-0.25, -0.2) is 9.59 Å². The van der Waals surface area contributed by atoms with E-state index in [-0.39, 0.29) is 23.1 Å². The molecule has 10 nitrogen and oxygen atoms in total. The molecule has 2 aromatic heterocycles. The predicted molar refractivity (Wildman–Crippen MR) is 232 cm³/mol. The first-order chi connectivity index (χ1) is 26.9. The van der Waals surface area contributed by atoms with E-state index in [1.165, 1.54) is 94.9 Å². The molecule has 57 heavy (non-hydrogen) atoms. The van der Waals surface area contributed by atoms with Crippen LogP contribution in [0.1, 0.15) is 163 Å². The summed E-state index contributed by atoms with van der Waals surface area (Å²) in [5.41, 5.74) is 5.69. The Morgan fingerprint density at radius 2 is 1.07 bits per heavy atom. The third-order valence-electron chi connectivity index (χ3n) is 13.3. The van der Waals surface area contributed by atoms with Crippen molar-refractivity contribution in [2.75, 3.05) is 14.2 Å². The number of rotatable bonds is 5. The van der Waals surface area contributed by atoms with Gasteiger partial charge in [0.2, 0.25) is 0 Å². The van der Waals surface area contributed by atoms with Crippen molar-refractivity contribution < 1.29 is 37.7 Å². The molecule has 0 unspecified atom stereocenters. The monoisotopic (exact) mass is 846 g/mol. The van der Waals surface area contributed by atoms with E-state index >= 15 is 0 Å². The van der Waals surface area contributed by atoms with E-state index in [4.69, 9.17) is 28.1 Å². The smallest absolute Gasteiger partial charge is 0.465 e. The number of hydrogen-bond acceptors (Lipinski definition) is 8. The molecule has 2 aliphatic carbocycles. The summed E-state index contributed by atoms with van der Waals surface area (Å²) >= 11 is 3.65.